The Balaban J connectivity index is 1.33. The largest absolute Gasteiger partial charge is 0.435 e. The van der Waals surface area contributed by atoms with Crippen LogP contribution in [0.5, 0.6) is 0 Å². The monoisotopic (exact) mass is 658 g/mol. The van der Waals surface area contributed by atoms with Crippen molar-refractivity contribution in [3.63, 3.8) is 0 Å². The molecule has 5 nitrogen and oxygen atoms in total. The molecule has 0 N–H and O–H groups in total. The van der Waals surface area contributed by atoms with Gasteiger partial charge >= 0.3 is 0 Å². The summed E-state index contributed by atoms with van der Waals surface area (Å²) in [5.41, 5.74) is 7.14. The zero-order valence-electron chi connectivity index (χ0n) is 26.6. The van der Waals surface area contributed by atoms with Gasteiger partial charge in [-0.1, -0.05) is 127 Å². The van der Waals surface area contributed by atoms with E-state index in [0.29, 0.717) is 28.9 Å². The first kappa shape index (κ1) is 28.5. The predicted molar refractivity (Wildman–Crippen MR) is 205 cm³/mol. The van der Waals surface area contributed by atoms with Crippen LogP contribution in [0.15, 0.2) is 162 Å². The van der Waals surface area contributed by atoms with E-state index < -0.39 is 0 Å². The van der Waals surface area contributed by atoms with Crippen LogP contribution in [-0.2, 0) is 0 Å². The van der Waals surface area contributed by atoms with Crippen molar-refractivity contribution in [2.45, 2.75) is 0 Å². The fourth-order valence-corrected chi connectivity index (χ4v) is 8.03. The highest BCUT2D eigenvalue weighted by Crippen LogP contribution is 2.45. The molecule has 0 unspecified atom stereocenters. The molecule has 10 rings (SSSR count). The van der Waals surface area contributed by atoms with Gasteiger partial charge < -0.3 is 4.42 Å². The molecule has 234 valence electrons. The van der Waals surface area contributed by atoms with Crippen LogP contribution in [-0.4, -0.2) is 19.9 Å². The van der Waals surface area contributed by atoms with Crippen molar-refractivity contribution in [1.29, 1.82) is 0 Å². The van der Waals surface area contributed by atoms with Crippen molar-refractivity contribution in [2.24, 2.45) is 0 Å². The lowest BCUT2D eigenvalue weighted by Gasteiger charge is -2.15. The Morgan fingerprint density at radius 2 is 1.06 bits per heavy atom. The zero-order valence-corrected chi connectivity index (χ0v) is 27.4. The number of thiophene rings is 1. The van der Waals surface area contributed by atoms with E-state index in [1.165, 1.54) is 4.70 Å². The molecule has 10 aromatic rings. The number of oxazole rings is 1. The molecule has 6 heteroatoms. The summed E-state index contributed by atoms with van der Waals surface area (Å²) in [5, 5.41) is 4.46. The maximum atomic E-state index is 6.70. The van der Waals surface area contributed by atoms with E-state index in [-0.39, 0.29) is 0 Å². The summed E-state index contributed by atoms with van der Waals surface area (Å²) in [6.07, 6.45) is 0. The Morgan fingerprint density at radius 3 is 1.84 bits per heavy atom. The van der Waals surface area contributed by atoms with Gasteiger partial charge in [0, 0.05) is 42.4 Å². The highest BCUT2D eigenvalue weighted by Gasteiger charge is 2.25. The zero-order chi connectivity index (χ0) is 33.0. The quantitative estimate of drug-likeness (QED) is 0.184. The summed E-state index contributed by atoms with van der Waals surface area (Å²) in [5.74, 6) is 2.27. The van der Waals surface area contributed by atoms with Gasteiger partial charge in [0.2, 0.25) is 5.89 Å². The molecule has 0 amide bonds. The SMILES string of the molecule is c1ccc(-c2nc(-c3ccc4ccccc4c3-c3ccccc3)nc(-c3c4oc(-c5ccccc5)nc4cc4sc5ccccc5c34)n2)cc1. The molecule has 0 saturated heterocycles. The van der Waals surface area contributed by atoms with Crippen LogP contribution in [0.2, 0.25) is 0 Å². The maximum absolute atomic E-state index is 6.70. The molecule has 0 spiro atoms. The average molecular weight is 659 g/mol. The van der Waals surface area contributed by atoms with Gasteiger partial charge in [-0.3, -0.25) is 0 Å². The van der Waals surface area contributed by atoms with Crippen LogP contribution in [0.1, 0.15) is 0 Å². The highest BCUT2D eigenvalue weighted by atomic mass is 32.1. The van der Waals surface area contributed by atoms with Crippen LogP contribution in [0.3, 0.4) is 0 Å². The predicted octanol–water partition coefficient (Wildman–Crippen LogP) is 11.9. The summed E-state index contributed by atoms with van der Waals surface area (Å²) in [7, 11) is 0. The summed E-state index contributed by atoms with van der Waals surface area (Å²) < 4.78 is 8.98. The third-order valence-corrected chi connectivity index (χ3v) is 10.3. The second-order valence-electron chi connectivity index (χ2n) is 12.2. The van der Waals surface area contributed by atoms with Gasteiger partial charge in [0.15, 0.2) is 23.1 Å². The molecular formula is C44H26N4OS. The number of benzene rings is 7. The average Bonchev–Trinajstić information content (AvgIpc) is 3.79. The number of aromatic nitrogens is 4. The van der Waals surface area contributed by atoms with Gasteiger partial charge in [0.25, 0.3) is 0 Å². The minimum Gasteiger partial charge on any atom is -0.435 e. The topological polar surface area (TPSA) is 64.7 Å². The van der Waals surface area contributed by atoms with E-state index in [1.807, 2.05) is 66.7 Å². The van der Waals surface area contributed by atoms with Crippen molar-refractivity contribution >= 4 is 53.4 Å². The summed E-state index contributed by atoms with van der Waals surface area (Å²) in [6, 6.07) is 54.0. The molecule has 3 heterocycles. The molecule has 3 aromatic heterocycles. The molecule has 0 atom stereocenters. The van der Waals surface area contributed by atoms with Crippen LogP contribution in [0.25, 0.3) is 98.8 Å². The fraction of sp³-hybridized carbons (Fsp3) is 0. The highest BCUT2D eigenvalue weighted by molar-refractivity contribution is 7.26. The van der Waals surface area contributed by atoms with E-state index in [1.54, 1.807) is 11.3 Å². The molecule has 7 aromatic carbocycles. The molecule has 0 radical (unpaired) electrons. The van der Waals surface area contributed by atoms with Gasteiger partial charge in [-0.25, -0.2) is 19.9 Å². The Kier molecular flexibility index (Phi) is 6.60. The summed E-state index contributed by atoms with van der Waals surface area (Å²) in [6.45, 7) is 0. The lowest BCUT2D eigenvalue weighted by atomic mass is 9.93. The fourth-order valence-electron chi connectivity index (χ4n) is 6.89. The van der Waals surface area contributed by atoms with Crippen molar-refractivity contribution in [3.8, 4) is 56.7 Å². The Morgan fingerprint density at radius 1 is 0.440 bits per heavy atom. The number of rotatable bonds is 5. The van der Waals surface area contributed by atoms with E-state index >= 15 is 0 Å². The van der Waals surface area contributed by atoms with Gasteiger partial charge in [-0.05, 0) is 46.7 Å². The lowest BCUT2D eigenvalue weighted by molar-refractivity contribution is 0.621. The molecule has 0 fully saturated rings. The molecule has 0 aliphatic heterocycles. The number of hydrogen-bond donors (Lipinski definition) is 0. The van der Waals surface area contributed by atoms with Gasteiger partial charge in [-0.15, -0.1) is 11.3 Å². The van der Waals surface area contributed by atoms with Crippen molar-refractivity contribution in [1.82, 2.24) is 19.9 Å². The third kappa shape index (κ3) is 4.69. The van der Waals surface area contributed by atoms with Crippen LogP contribution >= 0.6 is 11.3 Å². The summed E-state index contributed by atoms with van der Waals surface area (Å²) >= 11 is 1.74. The normalized spacial score (nSPS) is 11.6. The summed E-state index contributed by atoms with van der Waals surface area (Å²) in [4.78, 5) is 20.8. The van der Waals surface area contributed by atoms with Crippen LogP contribution in [0, 0.1) is 0 Å². The van der Waals surface area contributed by atoms with E-state index in [9.17, 15) is 0 Å². The van der Waals surface area contributed by atoms with Crippen molar-refractivity contribution in [2.75, 3.05) is 0 Å². The van der Waals surface area contributed by atoms with E-state index in [0.717, 1.165) is 65.1 Å². The number of hydrogen-bond acceptors (Lipinski definition) is 6. The molecule has 0 aliphatic rings. The van der Waals surface area contributed by atoms with Crippen molar-refractivity contribution < 1.29 is 4.42 Å². The first-order valence-corrected chi connectivity index (χ1v) is 17.3. The Bertz CT molecular complexity index is 2860. The third-order valence-electron chi connectivity index (χ3n) is 9.17. The Hall–Kier alpha value is -6.50. The van der Waals surface area contributed by atoms with Crippen molar-refractivity contribution in [3.05, 3.63) is 158 Å². The van der Waals surface area contributed by atoms with E-state index in [2.05, 4.69) is 91.0 Å². The number of nitrogens with zero attached hydrogens (tertiary/aromatic N) is 4. The first-order valence-electron chi connectivity index (χ1n) is 16.5. The van der Waals surface area contributed by atoms with Crippen LogP contribution < -0.4 is 0 Å². The Labute approximate surface area is 291 Å². The van der Waals surface area contributed by atoms with Gasteiger partial charge in [-0.2, -0.15) is 0 Å². The lowest BCUT2D eigenvalue weighted by Crippen LogP contribution is -2.02. The molecule has 0 aliphatic carbocycles. The smallest absolute Gasteiger partial charge is 0.227 e. The molecule has 0 saturated carbocycles. The van der Waals surface area contributed by atoms with Crippen LogP contribution in [0.4, 0.5) is 0 Å². The standard InChI is InChI=1S/C44H26N4OS/c1-4-15-28(16-5-1)37-31-21-11-10-14-27(31)24-25-33(37)42-46-41(29-17-6-2-7-18-29)47-43(48-42)39-38-32-22-12-13-23-35(32)50-36(38)26-34-40(39)49-44(45-34)30-19-8-3-9-20-30/h1-26H. The molecule has 50 heavy (non-hydrogen) atoms. The first-order chi connectivity index (χ1) is 24.8. The molecule has 0 bridgehead atoms. The maximum Gasteiger partial charge on any atom is 0.227 e. The second-order valence-corrected chi connectivity index (χ2v) is 13.3. The molecular weight excluding hydrogens is 633 g/mol. The van der Waals surface area contributed by atoms with Gasteiger partial charge in [0.1, 0.15) is 5.52 Å². The van der Waals surface area contributed by atoms with Gasteiger partial charge in [0.05, 0.1) is 5.56 Å². The minimum absolute atomic E-state index is 0.538. The van der Waals surface area contributed by atoms with E-state index in [4.69, 9.17) is 24.4 Å². The second kappa shape index (κ2) is 11.6. The number of fused-ring (bicyclic) bond motifs is 5. The minimum atomic E-state index is 0.538.